The summed E-state index contributed by atoms with van der Waals surface area (Å²) in [6, 6.07) is 12.5. The number of rotatable bonds is 6. The minimum atomic E-state index is -0.574. The molecule has 0 unspecified atom stereocenters. The third-order valence-electron chi connectivity index (χ3n) is 2.97. The summed E-state index contributed by atoms with van der Waals surface area (Å²) in [7, 11) is 0. The Morgan fingerprint density at radius 3 is 2.25 bits per heavy atom. The van der Waals surface area contributed by atoms with Gasteiger partial charge in [0.1, 0.15) is 11.6 Å². The highest BCUT2D eigenvalue weighted by atomic mass is 32.2. The zero-order valence-corrected chi connectivity index (χ0v) is 11.9. The summed E-state index contributed by atoms with van der Waals surface area (Å²) in [5.74, 6) is -0.448. The van der Waals surface area contributed by atoms with Gasteiger partial charge in [-0.25, -0.2) is 8.78 Å². The van der Waals surface area contributed by atoms with E-state index in [9.17, 15) is 8.78 Å². The molecule has 0 aromatic heterocycles. The van der Waals surface area contributed by atoms with Crippen molar-refractivity contribution in [1.82, 2.24) is 0 Å². The second kappa shape index (κ2) is 7.29. The second-order valence-electron chi connectivity index (χ2n) is 4.60. The third kappa shape index (κ3) is 4.23. The van der Waals surface area contributed by atoms with E-state index in [1.54, 1.807) is 0 Å². The van der Waals surface area contributed by atoms with Gasteiger partial charge < -0.3 is 5.73 Å². The molecule has 2 aromatic rings. The maximum absolute atomic E-state index is 13.5. The number of benzene rings is 2. The van der Waals surface area contributed by atoms with Crippen molar-refractivity contribution in [3.05, 3.63) is 59.7 Å². The first-order chi connectivity index (χ1) is 9.66. The van der Waals surface area contributed by atoms with Crippen LogP contribution in [0.25, 0.3) is 0 Å². The maximum atomic E-state index is 13.5. The summed E-state index contributed by atoms with van der Waals surface area (Å²) in [6.07, 6.45) is 2.92. The Balaban J connectivity index is 1.76. The van der Waals surface area contributed by atoms with Gasteiger partial charge in [-0.05, 0) is 42.7 Å². The van der Waals surface area contributed by atoms with Crippen LogP contribution in [0.1, 0.15) is 18.4 Å². The number of unbranched alkanes of at least 4 members (excludes halogenated alkanes) is 1. The lowest BCUT2D eigenvalue weighted by Gasteiger charge is -2.06. The molecular weight excluding hydrogens is 276 g/mol. The number of nitrogen functional groups attached to an aromatic ring is 1. The molecule has 2 rings (SSSR count). The molecule has 1 nitrogen and oxygen atoms in total. The van der Waals surface area contributed by atoms with Gasteiger partial charge in [-0.1, -0.05) is 30.3 Å². The smallest absolute Gasteiger partial charge is 0.141 e. The van der Waals surface area contributed by atoms with E-state index < -0.39 is 11.6 Å². The van der Waals surface area contributed by atoms with Gasteiger partial charge in [-0.2, -0.15) is 0 Å². The van der Waals surface area contributed by atoms with Gasteiger partial charge in [0.05, 0.1) is 4.90 Å². The van der Waals surface area contributed by atoms with E-state index in [4.69, 9.17) is 5.73 Å². The molecule has 106 valence electrons. The van der Waals surface area contributed by atoms with E-state index >= 15 is 0 Å². The highest BCUT2D eigenvalue weighted by Gasteiger charge is 2.10. The Morgan fingerprint density at radius 1 is 0.950 bits per heavy atom. The molecule has 0 aliphatic rings. The first-order valence-corrected chi connectivity index (χ1v) is 7.56. The summed E-state index contributed by atoms with van der Waals surface area (Å²) >= 11 is 1.21. The van der Waals surface area contributed by atoms with Crippen molar-refractivity contribution in [2.24, 2.45) is 0 Å². The summed E-state index contributed by atoms with van der Waals surface area (Å²) in [6.45, 7) is 0. The zero-order valence-electron chi connectivity index (χ0n) is 11.1. The van der Waals surface area contributed by atoms with Crippen LogP contribution < -0.4 is 5.73 Å². The van der Waals surface area contributed by atoms with Crippen molar-refractivity contribution in [2.75, 3.05) is 11.5 Å². The van der Waals surface area contributed by atoms with Gasteiger partial charge in [0, 0.05) is 5.69 Å². The zero-order chi connectivity index (χ0) is 14.4. The summed E-state index contributed by atoms with van der Waals surface area (Å²) in [4.78, 5) is 0.0684. The Bertz CT molecular complexity index is 535. The van der Waals surface area contributed by atoms with Crippen LogP contribution in [0.2, 0.25) is 0 Å². The van der Waals surface area contributed by atoms with E-state index in [0.29, 0.717) is 5.75 Å². The predicted molar refractivity (Wildman–Crippen MR) is 80.9 cm³/mol. The fourth-order valence-electron chi connectivity index (χ4n) is 1.97. The van der Waals surface area contributed by atoms with Crippen LogP contribution in [0.4, 0.5) is 14.5 Å². The molecule has 0 heterocycles. The standard InChI is InChI=1S/C16H17F2NS/c17-14-10-13(19)11-15(18)16(14)20-9-5-4-8-12-6-2-1-3-7-12/h1-3,6-7,10-11H,4-5,8-9,19H2. The summed E-state index contributed by atoms with van der Waals surface area (Å²) < 4.78 is 27.1. The van der Waals surface area contributed by atoms with Gasteiger partial charge in [0.2, 0.25) is 0 Å². The normalized spacial score (nSPS) is 10.7. The lowest BCUT2D eigenvalue weighted by Crippen LogP contribution is -1.94. The van der Waals surface area contributed by atoms with Crippen molar-refractivity contribution in [3.63, 3.8) is 0 Å². The van der Waals surface area contributed by atoms with E-state index in [-0.39, 0.29) is 10.6 Å². The second-order valence-corrected chi connectivity index (χ2v) is 5.71. The number of anilines is 1. The Labute approximate surface area is 122 Å². The lowest BCUT2D eigenvalue weighted by atomic mass is 10.1. The van der Waals surface area contributed by atoms with Crippen LogP contribution in [0.15, 0.2) is 47.4 Å². The number of hydrogen-bond donors (Lipinski definition) is 1. The van der Waals surface area contributed by atoms with Crippen molar-refractivity contribution in [3.8, 4) is 0 Å². The SMILES string of the molecule is Nc1cc(F)c(SCCCCc2ccccc2)c(F)c1. The molecule has 0 saturated carbocycles. The van der Waals surface area contributed by atoms with Crippen molar-refractivity contribution in [2.45, 2.75) is 24.2 Å². The Kier molecular flexibility index (Phi) is 5.41. The summed E-state index contributed by atoms with van der Waals surface area (Å²) in [5.41, 5.74) is 6.79. The van der Waals surface area contributed by atoms with Crippen LogP contribution in [-0.4, -0.2) is 5.75 Å². The summed E-state index contributed by atoms with van der Waals surface area (Å²) in [5, 5.41) is 0. The molecule has 0 saturated heterocycles. The molecule has 0 aliphatic heterocycles. The topological polar surface area (TPSA) is 26.0 Å². The molecule has 0 radical (unpaired) electrons. The van der Waals surface area contributed by atoms with Gasteiger partial charge in [0.25, 0.3) is 0 Å². The van der Waals surface area contributed by atoms with Crippen LogP contribution in [-0.2, 0) is 6.42 Å². The minimum Gasteiger partial charge on any atom is -0.399 e. The average Bonchev–Trinajstić information content (AvgIpc) is 2.42. The molecular formula is C16H17F2NS. The quantitative estimate of drug-likeness (QED) is 0.476. The minimum absolute atomic E-state index is 0.0684. The largest absolute Gasteiger partial charge is 0.399 e. The van der Waals surface area contributed by atoms with Crippen LogP contribution >= 0.6 is 11.8 Å². The number of nitrogens with two attached hydrogens (primary N) is 1. The van der Waals surface area contributed by atoms with Crippen molar-refractivity contribution < 1.29 is 8.78 Å². The number of thioether (sulfide) groups is 1. The fourth-order valence-corrected chi connectivity index (χ4v) is 2.91. The number of aryl methyl sites for hydroxylation is 1. The van der Waals surface area contributed by atoms with E-state index in [2.05, 4.69) is 12.1 Å². The van der Waals surface area contributed by atoms with Gasteiger partial charge >= 0.3 is 0 Å². The van der Waals surface area contributed by atoms with E-state index in [1.165, 1.54) is 17.3 Å². The number of halogens is 2. The highest BCUT2D eigenvalue weighted by Crippen LogP contribution is 2.28. The third-order valence-corrected chi connectivity index (χ3v) is 4.14. The highest BCUT2D eigenvalue weighted by molar-refractivity contribution is 7.99. The van der Waals surface area contributed by atoms with Crippen molar-refractivity contribution in [1.29, 1.82) is 0 Å². The number of hydrogen-bond acceptors (Lipinski definition) is 2. The first-order valence-electron chi connectivity index (χ1n) is 6.58. The first kappa shape index (κ1) is 14.9. The monoisotopic (exact) mass is 293 g/mol. The molecule has 0 fully saturated rings. The predicted octanol–water partition coefficient (Wildman–Crippen LogP) is 4.66. The fraction of sp³-hybridized carbons (Fsp3) is 0.250. The molecule has 2 aromatic carbocycles. The molecule has 0 spiro atoms. The van der Waals surface area contributed by atoms with Crippen LogP contribution in [0, 0.1) is 11.6 Å². The molecule has 4 heteroatoms. The lowest BCUT2D eigenvalue weighted by molar-refractivity contribution is 0.541. The van der Waals surface area contributed by atoms with Gasteiger partial charge in [0.15, 0.2) is 0 Å². The average molecular weight is 293 g/mol. The maximum Gasteiger partial charge on any atom is 0.141 e. The van der Waals surface area contributed by atoms with Crippen LogP contribution in [0.5, 0.6) is 0 Å². The van der Waals surface area contributed by atoms with Crippen molar-refractivity contribution >= 4 is 17.4 Å². The molecule has 0 bridgehead atoms. The molecule has 0 atom stereocenters. The molecule has 20 heavy (non-hydrogen) atoms. The van der Waals surface area contributed by atoms with Gasteiger partial charge in [-0.3, -0.25) is 0 Å². The molecule has 2 N–H and O–H groups in total. The van der Waals surface area contributed by atoms with E-state index in [1.807, 2.05) is 18.2 Å². The Morgan fingerprint density at radius 2 is 1.60 bits per heavy atom. The molecule has 0 aliphatic carbocycles. The van der Waals surface area contributed by atoms with E-state index in [0.717, 1.165) is 31.4 Å². The van der Waals surface area contributed by atoms with Crippen LogP contribution in [0.3, 0.4) is 0 Å². The van der Waals surface area contributed by atoms with Gasteiger partial charge in [-0.15, -0.1) is 11.8 Å². The Hall–Kier alpha value is -1.55. The molecule has 0 amide bonds.